The number of non-ortho nitro benzene ring substituents is 1. The molecule has 1 atom stereocenters. The molecule has 1 unspecified atom stereocenters. The summed E-state index contributed by atoms with van der Waals surface area (Å²) in [5, 5.41) is 31.5. The van der Waals surface area contributed by atoms with Gasteiger partial charge in [-0.1, -0.05) is 83.3 Å². The Hall–Kier alpha value is -4.35. The Labute approximate surface area is 232 Å². The number of ketones is 1. The number of aryl methyl sites for hydroxylation is 2. The number of thioether (sulfide) groups is 1. The molecule has 196 valence electrons. The molecule has 0 spiro atoms. The maximum absolute atomic E-state index is 13.4. The van der Waals surface area contributed by atoms with Gasteiger partial charge < -0.3 is 5.11 Å². The zero-order chi connectivity index (χ0) is 27.7. The van der Waals surface area contributed by atoms with Gasteiger partial charge in [0.15, 0.2) is 4.34 Å². The van der Waals surface area contributed by atoms with Gasteiger partial charge in [0, 0.05) is 23.4 Å². The highest BCUT2D eigenvalue weighted by molar-refractivity contribution is 8.00. The number of aliphatic hydroxyl groups excluding tert-OH is 1. The number of anilines is 1. The van der Waals surface area contributed by atoms with Crippen molar-refractivity contribution in [3.05, 3.63) is 116 Å². The van der Waals surface area contributed by atoms with Crippen molar-refractivity contribution >= 4 is 51.4 Å². The molecule has 1 aliphatic heterocycles. The Bertz CT molecular complexity index is 1630. The number of nitro groups is 1. The van der Waals surface area contributed by atoms with Gasteiger partial charge in [0.05, 0.1) is 16.5 Å². The summed E-state index contributed by atoms with van der Waals surface area (Å²) in [5.74, 6) is -1.51. The van der Waals surface area contributed by atoms with E-state index in [9.17, 15) is 24.8 Å². The van der Waals surface area contributed by atoms with Crippen molar-refractivity contribution in [3.63, 3.8) is 0 Å². The van der Waals surface area contributed by atoms with Gasteiger partial charge in [0.1, 0.15) is 5.76 Å². The molecule has 1 N–H and O–H groups in total. The lowest BCUT2D eigenvalue weighted by Gasteiger charge is -2.22. The molecule has 0 bridgehead atoms. The van der Waals surface area contributed by atoms with Crippen LogP contribution in [-0.4, -0.2) is 31.9 Å². The van der Waals surface area contributed by atoms with E-state index in [4.69, 9.17) is 0 Å². The summed E-state index contributed by atoms with van der Waals surface area (Å²) < 4.78 is 0.586. The third-order valence-electron chi connectivity index (χ3n) is 6.30. The number of Topliss-reactive ketones (excluding diaryl/α,β-unsaturated/α-hetero) is 1. The second-order valence-electron chi connectivity index (χ2n) is 8.96. The van der Waals surface area contributed by atoms with Crippen LogP contribution in [0.2, 0.25) is 0 Å². The minimum absolute atomic E-state index is 0.157. The van der Waals surface area contributed by atoms with Crippen molar-refractivity contribution in [2.45, 2.75) is 30.0 Å². The van der Waals surface area contributed by atoms with Gasteiger partial charge in [-0.25, -0.2) is 0 Å². The molecule has 9 nitrogen and oxygen atoms in total. The normalized spacial score (nSPS) is 16.6. The van der Waals surface area contributed by atoms with Crippen LogP contribution in [-0.2, 0) is 15.3 Å². The second-order valence-corrected chi connectivity index (χ2v) is 11.1. The van der Waals surface area contributed by atoms with Crippen molar-refractivity contribution in [3.8, 4) is 0 Å². The van der Waals surface area contributed by atoms with Gasteiger partial charge in [-0.15, -0.1) is 10.2 Å². The summed E-state index contributed by atoms with van der Waals surface area (Å²) >= 11 is 2.57. The molecular formula is C28H22N4O5S2. The lowest BCUT2D eigenvalue weighted by atomic mass is 9.93. The third-order valence-corrected chi connectivity index (χ3v) is 8.42. The Morgan fingerprint density at radius 2 is 1.82 bits per heavy atom. The van der Waals surface area contributed by atoms with Crippen LogP contribution in [0.1, 0.15) is 33.9 Å². The predicted molar refractivity (Wildman–Crippen MR) is 150 cm³/mol. The maximum Gasteiger partial charge on any atom is 0.301 e. The quantitative estimate of drug-likeness (QED) is 0.0558. The molecule has 0 aliphatic carbocycles. The van der Waals surface area contributed by atoms with Crippen LogP contribution in [0.3, 0.4) is 0 Å². The van der Waals surface area contributed by atoms with E-state index in [2.05, 4.69) is 10.2 Å². The Morgan fingerprint density at radius 3 is 2.56 bits per heavy atom. The first kappa shape index (κ1) is 26.3. The number of aliphatic hydroxyl groups is 1. The Morgan fingerprint density at radius 1 is 1.05 bits per heavy atom. The highest BCUT2D eigenvalue weighted by atomic mass is 32.2. The minimum atomic E-state index is -1.13. The number of benzene rings is 3. The summed E-state index contributed by atoms with van der Waals surface area (Å²) in [6.45, 7) is 3.64. The lowest BCUT2D eigenvalue weighted by Crippen LogP contribution is -2.29. The van der Waals surface area contributed by atoms with Crippen LogP contribution in [0.15, 0.2) is 82.7 Å². The average molecular weight is 559 g/mol. The van der Waals surface area contributed by atoms with Crippen LogP contribution < -0.4 is 4.90 Å². The molecule has 11 heteroatoms. The number of hydrogen-bond acceptors (Lipinski definition) is 9. The van der Waals surface area contributed by atoms with Gasteiger partial charge in [0.2, 0.25) is 5.13 Å². The van der Waals surface area contributed by atoms with Crippen LogP contribution in [0.25, 0.3) is 5.76 Å². The zero-order valence-corrected chi connectivity index (χ0v) is 22.5. The number of carbonyl (C=O) groups excluding carboxylic acids is 2. The summed E-state index contributed by atoms with van der Waals surface area (Å²) in [4.78, 5) is 39.0. The summed E-state index contributed by atoms with van der Waals surface area (Å²) in [5.41, 5.74) is 2.97. The molecule has 1 amide bonds. The number of rotatable bonds is 7. The summed E-state index contributed by atoms with van der Waals surface area (Å²) in [6.07, 6.45) is 0. The molecule has 4 aromatic rings. The van der Waals surface area contributed by atoms with E-state index in [1.165, 1.54) is 34.9 Å². The number of nitro benzene ring substituents is 1. The van der Waals surface area contributed by atoms with E-state index in [0.29, 0.717) is 26.8 Å². The van der Waals surface area contributed by atoms with Gasteiger partial charge in [-0.2, -0.15) is 0 Å². The van der Waals surface area contributed by atoms with Crippen molar-refractivity contribution in [1.29, 1.82) is 0 Å². The first-order valence-corrected chi connectivity index (χ1v) is 13.7. The van der Waals surface area contributed by atoms with Crippen molar-refractivity contribution < 1.29 is 19.6 Å². The fourth-order valence-corrected chi connectivity index (χ4v) is 6.19. The molecule has 39 heavy (non-hydrogen) atoms. The molecule has 5 rings (SSSR count). The topological polar surface area (TPSA) is 127 Å². The van der Waals surface area contributed by atoms with Crippen molar-refractivity contribution in [1.82, 2.24) is 10.2 Å². The molecule has 1 saturated heterocycles. The number of nitrogens with zero attached hydrogens (tertiary/aromatic N) is 4. The van der Waals surface area contributed by atoms with Crippen LogP contribution in [0.4, 0.5) is 10.8 Å². The van der Waals surface area contributed by atoms with Crippen LogP contribution >= 0.6 is 23.1 Å². The van der Waals surface area contributed by atoms with E-state index in [1.807, 2.05) is 49.4 Å². The minimum Gasteiger partial charge on any atom is -0.507 e. The standard InChI is InChI=1S/C28H22N4O5S2/c1-16-11-12-17(2)21(13-16)24(33)22-23(19-9-6-10-20(14-19)32(36)37)31(26(35)25(22)34)27-29-30-28(39-27)38-15-18-7-4-3-5-8-18/h3-14,23,33H,15H2,1-2H3/b24-22+. The van der Waals surface area contributed by atoms with Gasteiger partial charge >= 0.3 is 5.91 Å². The Balaban J connectivity index is 1.61. The maximum atomic E-state index is 13.4. The summed E-state index contributed by atoms with van der Waals surface area (Å²) in [7, 11) is 0. The zero-order valence-electron chi connectivity index (χ0n) is 20.9. The van der Waals surface area contributed by atoms with Gasteiger partial charge in [-0.05, 0) is 36.6 Å². The number of carbonyl (C=O) groups is 2. The van der Waals surface area contributed by atoms with E-state index in [0.717, 1.165) is 22.5 Å². The van der Waals surface area contributed by atoms with E-state index >= 15 is 0 Å². The van der Waals surface area contributed by atoms with E-state index < -0.39 is 22.7 Å². The lowest BCUT2D eigenvalue weighted by molar-refractivity contribution is -0.384. The SMILES string of the molecule is Cc1ccc(C)c(/C(O)=C2\C(=O)C(=O)N(c3nnc(SCc4ccccc4)s3)C2c2cccc([N+](=O)[O-])c2)c1. The van der Waals surface area contributed by atoms with Gasteiger partial charge in [0.25, 0.3) is 11.5 Å². The van der Waals surface area contributed by atoms with Crippen molar-refractivity contribution in [2.24, 2.45) is 0 Å². The first-order valence-electron chi connectivity index (χ1n) is 11.9. The number of amides is 1. The third kappa shape index (κ3) is 5.18. The number of hydrogen-bond donors (Lipinski definition) is 1. The molecule has 1 fully saturated rings. The van der Waals surface area contributed by atoms with Crippen LogP contribution in [0, 0.1) is 24.0 Å². The molecule has 1 aliphatic rings. The van der Waals surface area contributed by atoms with E-state index in [1.54, 1.807) is 19.1 Å². The number of aromatic nitrogens is 2. The first-order chi connectivity index (χ1) is 18.7. The van der Waals surface area contributed by atoms with Crippen molar-refractivity contribution in [2.75, 3.05) is 4.90 Å². The molecular weight excluding hydrogens is 536 g/mol. The largest absolute Gasteiger partial charge is 0.507 e. The fraction of sp³-hybridized carbons (Fsp3) is 0.143. The molecule has 1 aromatic heterocycles. The predicted octanol–water partition coefficient (Wildman–Crippen LogP) is 5.98. The Kier molecular flexibility index (Phi) is 7.27. The molecule has 0 radical (unpaired) electrons. The highest BCUT2D eigenvalue weighted by Crippen LogP contribution is 2.44. The molecule has 2 heterocycles. The van der Waals surface area contributed by atoms with Crippen LogP contribution in [0.5, 0.6) is 0 Å². The second kappa shape index (κ2) is 10.8. The molecule has 3 aromatic carbocycles. The van der Waals surface area contributed by atoms with E-state index in [-0.39, 0.29) is 22.2 Å². The monoisotopic (exact) mass is 558 g/mol. The summed E-state index contributed by atoms with van der Waals surface area (Å²) in [6, 6.07) is 19.7. The fourth-order valence-electron chi connectivity index (χ4n) is 4.37. The molecule has 0 saturated carbocycles. The van der Waals surface area contributed by atoms with Gasteiger partial charge in [-0.3, -0.25) is 24.6 Å². The average Bonchev–Trinajstić information content (AvgIpc) is 3.51. The highest BCUT2D eigenvalue weighted by Gasteiger charge is 2.48. The smallest absolute Gasteiger partial charge is 0.301 e.